The normalized spacial score (nSPS) is 11.8. The Morgan fingerprint density at radius 2 is 1.79 bits per heavy atom. The van der Waals surface area contributed by atoms with Gasteiger partial charge in [0.15, 0.2) is 0 Å². The lowest BCUT2D eigenvalue weighted by molar-refractivity contribution is 0.102. The van der Waals surface area contributed by atoms with Crippen molar-refractivity contribution in [3.05, 3.63) is 72.3 Å². The number of unbranched alkanes of at least 4 members (excludes halogenated alkanes) is 2. The first-order valence-electron chi connectivity index (χ1n) is 11.6. The van der Waals surface area contributed by atoms with Crippen LogP contribution in [0.4, 0.5) is 14.5 Å². The number of nitrogens with zero attached hydrogens (tertiary/aromatic N) is 3. The van der Waals surface area contributed by atoms with Gasteiger partial charge in [-0.1, -0.05) is 6.07 Å². The predicted octanol–water partition coefficient (Wildman–Crippen LogP) is 6.79. The quantitative estimate of drug-likeness (QED) is 0.292. The lowest BCUT2D eigenvalue weighted by Crippen LogP contribution is -2.24. The van der Waals surface area contributed by atoms with E-state index >= 15 is 0 Å². The zero-order chi connectivity index (χ0) is 24.3. The van der Waals surface area contributed by atoms with Gasteiger partial charge in [-0.05, 0) is 87.9 Å². The minimum absolute atomic E-state index is 0.282. The number of hydrogen-bond donors (Lipinski definition) is 1. The van der Waals surface area contributed by atoms with Gasteiger partial charge in [0, 0.05) is 24.0 Å². The van der Waals surface area contributed by atoms with Crippen LogP contribution in [-0.4, -0.2) is 26.9 Å². The monoisotopic (exact) mass is 464 g/mol. The Kier molecular flexibility index (Phi) is 6.82. The molecule has 2 aromatic heterocycles. The molecule has 2 heterocycles. The summed E-state index contributed by atoms with van der Waals surface area (Å²) in [6.45, 7) is 6.53. The molecule has 1 N–H and O–H groups in total. The van der Waals surface area contributed by atoms with E-state index in [1.807, 2.05) is 51.2 Å². The third-order valence-corrected chi connectivity index (χ3v) is 5.83. The van der Waals surface area contributed by atoms with Crippen LogP contribution in [0.2, 0.25) is 0 Å². The summed E-state index contributed by atoms with van der Waals surface area (Å²) >= 11 is 0. The molecule has 0 bridgehead atoms. The Balaban J connectivity index is 1.63. The molecule has 178 valence electrons. The maximum atomic E-state index is 13.5. The largest absolute Gasteiger partial charge is 0.347 e. The molecule has 0 atom stereocenters. The fraction of sp³-hybridized carbons (Fsp3) is 0.333. The molecule has 0 saturated heterocycles. The minimum atomic E-state index is -0.371. The van der Waals surface area contributed by atoms with Crippen LogP contribution < -0.4 is 5.32 Å². The fourth-order valence-electron chi connectivity index (χ4n) is 4.12. The van der Waals surface area contributed by atoms with E-state index in [0.29, 0.717) is 23.4 Å². The number of alkyl halides is 1. The molecule has 2 aromatic carbocycles. The molecule has 0 saturated carbocycles. The summed E-state index contributed by atoms with van der Waals surface area (Å²) in [5, 5.41) is 8.57. The van der Waals surface area contributed by atoms with Crippen LogP contribution in [0.5, 0.6) is 0 Å². The smallest absolute Gasteiger partial charge is 0.259 e. The Bertz CT molecular complexity index is 1280. The second-order valence-electron chi connectivity index (χ2n) is 9.48. The summed E-state index contributed by atoms with van der Waals surface area (Å²) < 4.78 is 29.8. The number of amides is 1. The molecule has 0 aliphatic heterocycles. The number of hydrogen-bond acceptors (Lipinski definition) is 2. The predicted molar refractivity (Wildman–Crippen MR) is 132 cm³/mol. The van der Waals surface area contributed by atoms with Crippen LogP contribution in [0, 0.1) is 5.82 Å². The third-order valence-electron chi connectivity index (χ3n) is 5.83. The molecular weight excluding hydrogens is 434 g/mol. The molecular formula is C27H30F2N4O. The molecule has 0 fully saturated rings. The number of benzene rings is 2. The molecule has 0 spiro atoms. The first-order valence-corrected chi connectivity index (χ1v) is 11.6. The average molecular weight is 465 g/mol. The van der Waals surface area contributed by atoms with Gasteiger partial charge in [-0.2, -0.15) is 5.10 Å². The molecule has 0 aliphatic rings. The van der Waals surface area contributed by atoms with Crippen molar-refractivity contribution in [3.8, 4) is 11.3 Å². The number of aryl methyl sites for hydroxylation is 1. The Morgan fingerprint density at radius 1 is 1.03 bits per heavy atom. The van der Waals surface area contributed by atoms with Crippen molar-refractivity contribution in [2.24, 2.45) is 0 Å². The highest BCUT2D eigenvalue weighted by Crippen LogP contribution is 2.30. The van der Waals surface area contributed by atoms with E-state index in [4.69, 9.17) is 0 Å². The van der Waals surface area contributed by atoms with Gasteiger partial charge < -0.3 is 9.88 Å². The fourth-order valence-corrected chi connectivity index (χ4v) is 4.12. The number of fused-ring (bicyclic) bond motifs is 1. The van der Waals surface area contributed by atoms with Gasteiger partial charge in [-0.3, -0.25) is 13.9 Å². The Hall–Kier alpha value is -3.48. The van der Waals surface area contributed by atoms with Crippen molar-refractivity contribution < 1.29 is 13.6 Å². The maximum Gasteiger partial charge on any atom is 0.259 e. The first kappa shape index (κ1) is 23.7. The van der Waals surface area contributed by atoms with E-state index in [-0.39, 0.29) is 23.9 Å². The van der Waals surface area contributed by atoms with E-state index in [9.17, 15) is 13.6 Å². The molecule has 0 radical (unpaired) electrons. The van der Waals surface area contributed by atoms with Crippen LogP contribution in [0.15, 0.2) is 60.9 Å². The highest BCUT2D eigenvalue weighted by Gasteiger charge is 2.25. The standard InChI is InChI=1S/C27H30F2N4O/c1-27(2,3)33-25(20-7-10-21(29)11-8-20)23(18-30-33)26(34)31-22-12-9-19-13-16-32(24(19)17-22)15-6-4-5-14-28/h7-13,16-18H,4-6,14-15H2,1-3H3,(H,31,34). The van der Waals surface area contributed by atoms with Gasteiger partial charge in [0.25, 0.3) is 5.91 Å². The summed E-state index contributed by atoms with van der Waals surface area (Å²) in [6, 6.07) is 13.9. The summed E-state index contributed by atoms with van der Waals surface area (Å²) in [4.78, 5) is 13.3. The second-order valence-corrected chi connectivity index (χ2v) is 9.48. The lowest BCUT2D eigenvalue weighted by Gasteiger charge is -2.23. The van der Waals surface area contributed by atoms with Gasteiger partial charge in [0.2, 0.25) is 0 Å². The average Bonchev–Trinajstić information content (AvgIpc) is 3.42. The first-order chi connectivity index (χ1) is 16.3. The maximum absolute atomic E-state index is 13.5. The molecule has 4 aromatic rings. The van der Waals surface area contributed by atoms with Crippen molar-refractivity contribution in [2.45, 2.75) is 52.1 Å². The minimum Gasteiger partial charge on any atom is -0.347 e. The van der Waals surface area contributed by atoms with Crippen molar-refractivity contribution >= 4 is 22.5 Å². The summed E-state index contributed by atoms with van der Waals surface area (Å²) in [6.07, 6.45) is 5.91. The molecule has 34 heavy (non-hydrogen) atoms. The lowest BCUT2D eigenvalue weighted by atomic mass is 10.0. The van der Waals surface area contributed by atoms with Crippen molar-refractivity contribution in [3.63, 3.8) is 0 Å². The molecule has 0 unspecified atom stereocenters. The Morgan fingerprint density at radius 3 is 2.50 bits per heavy atom. The van der Waals surface area contributed by atoms with E-state index in [0.717, 1.165) is 35.9 Å². The van der Waals surface area contributed by atoms with Gasteiger partial charge in [0.05, 0.1) is 35.2 Å². The number of anilines is 1. The van der Waals surface area contributed by atoms with Crippen molar-refractivity contribution in [1.29, 1.82) is 0 Å². The number of carbonyl (C=O) groups excluding carboxylic acids is 1. The van der Waals surface area contributed by atoms with Crippen molar-refractivity contribution in [1.82, 2.24) is 14.3 Å². The third kappa shape index (κ3) is 5.03. The van der Waals surface area contributed by atoms with Gasteiger partial charge in [-0.25, -0.2) is 4.39 Å². The van der Waals surface area contributed by atoms with Crippen LogP contribution in [0.3, 0.4) is 0 Å². The van der Waals surface area contributed by atoms with Crippen LogP contribution >= 0.6 is 0 Å². The van der Waals surface area contributed by atoms with Gasteiger partial charge >= 0.3 is 0 Å². The SMILES string of the molecule is CC(C)(C)n1ncc(C(=O)Nc2ccc3ccn(CCCCCF)c3c2)c1-c1ccc(F)cc1. The van der Waals surface area contributed by atoms with Crippen molar-refractivity contribution in [2.75, 3.05) is 12.0 Å². The zero-order valence-electron chi connectivity index (χ0n) is 19.8. The molecule has 1 amide bonds. The number of carbonyl (C=O) groups is 1. The van der Waals surface area contributed by atoms with Crippen LogP contribution in [0.1, 0.15) is 50.4 Å². The number of rotatable bonds is 8. The summed E-state index contributed by atoms with van der Waals surface area (Å²) in [5.74, 6) is -0.618. The molecule has 0 aliphatic carbocycles. The van der Waals surface area contributed by atoms with Crippen LogP contribution in [0.25, 0.3) is 22.2 Å². The zero-order valence-corrected chi connectivity index (χ0v) is 19.8. The summed E-state index contributed by atoms with van der Waals surface area (Å²) in [7, 11) is 0. The number of nitrogens with one attached hydrogen (secondary N) is 1. The second kappa shape index (κ2) is 9.79. The summed E-state index contributed by atoms with van der Waals surface area (Å²) in [5.41, 5.74) is 3.10. The molecule has 4 rings (SSSR count). The molecule has 5 nitrogen and oxygen atoms in total. The van der Waals surface area contributed by atoms with Gasteiger partial charge in [-0.15, -0.1) is 0 Å². The topological polar surface area (TPSA) is 51.9 Å². The highest BCUT2D eigenvalue weighted by atomic mass is 19.1. The van der Waals surface area contributed by atoms with E-state index in [1.165, 1.54) is 12.1 Å². The number of aromatic nitrogens is 3. The van der Waals surface area contributed by atoms with Gasteiger partial charge in [0.1, 0.15) is 5.82 Å². The Labute approximate surface area is 198 Å². The highest BCUT2D eigenvalue weighted by molar-refractivity contribution is 6.08. The van der Waals surface area contributed by atoms with E-state index in [2.05, 4.69) is 15.0 Å². The number of halogens is 2. The van der Waals surface area contributed by atoms with Crippen LogP contribution in [-0.2, 0) is 12.1 Å². The van der Waals surface area contributed by atoms with E-state index < -0.39 is 0 Å². The molecule has 7 heteroatoms. The van der Waals surface area contributed by atoms with E-state index in [1.54, 1.807) is 23.0 Å².